The summed E-state index contributed by atoms with van der Waals surface area (Å²) in [5, 5.41) is 0. The second kappa shape index (κ2) is 6.11. The molecule has 0 spiro atoms. The molecule has 0 radical (unpaired) electrons. The van der Waals surface area contributed by atoms with Crippen molar-refractivity contribution in [2.75, 3.05) is 0 Å². The van der Waals surface area contributed by atoms with Crippen LogP contribution in [0.3, 0.4) is 0 Å². The first-order valence-electron chi connectivity index (χ1n) is 5.20. The van der Waals surface area contributed by atoms with Crippen LogP contribution >= 0.6 is 15.9 Å². The SMILES string of the molecule is CC(N)CCC(=O)Cc1ccc(F)cc1Br. The van der Waals surface area contributed by atoms with Crippen molar-refractivity contribution in [1.82, 2.24) is 0 Å². The second-order valence-electron chi connectivity index (χ2n) is 3.97. The van der Waals surface area contributed by atoms with Gasteiger partial charge >= 0.3 is 0 Å². The maximum absolute atomic E-state index is 12.8. The minimum absolute atomic E-state index is 0.0422. The Labute approximate surface area is 103 Å². The lowest BCUT2D eigenvalue weighted by Crippen LogP contribution is -2.17. The largest absolute Gasteiger partial charge is 0.328 e. The summed E-state index contributed by atoms with van der Waals surface area (Å²) < 4.78 is 13.4. The van der Waals surface area contributed by atoms with E-state index in [1.165, 1.54) is 12.1 Å². The quantitative estimate of drug-likeness (QED) is 0.905. The minimum Gasteiger partial charge on any atom is -0.328 e. The van der Waals surface area contributed by atoms with E-state index in [4.69, 9.17) is 5.73 Å². The molecule has 1 rings (SSSR count). The van der Waals surface area contributed by atoms with Crippen LogP contribution < -0.4 is 5.73 Å². The van der Waals surface area contributed by atoms with Crippen molar-refractivity contribution >= 4 is 21.7 Å². The van der Waals surface area contributed by atoms with Crippen LogP contribution in [0.5, 0.6) is 0 Å². The van der Waals surface area contributed by atoms with Gasteiger partial charge in [-0.15, -0.1) is 0 Å². The number of halogens is 2. The fourth-order valence-corrected chi connectivity index (χ4v) is 1.85. The molecular formula is C12H15BrFNO. The van der Waals surface area contributed by atoms with Crippen LogP contribution in [0.4, 0.5) is 4.39 Å². The molecule has 2 N–H and O–H groups in total. The van der Waals surface area contributed by atoms with Gasteiger partial charge in [-0.1, -0.05) is 22.0 Å². The van der Waals surface area contributed by atoms with Crippen LogP contribution in [-0.2, 0) is 11.2 Å². The summed E-state index contributed by atoms with van der Waals surface area (Å²) in [7, 11) is 0. The molecule has 0 bridgehead atoms. The number of ketones is 1. The normalized spacial score (nSPS) is 12.5. The summed E-state index contributed by atoms with van der Waals surface area (Å²) in [6, 6.07) is 4.40. The number of benzene rings is 1. The van der Waals surface area contributed by atoms with E-state index in [2.05, 4.69) is 15.9 Å². The van der Waals surface area contributed by atoms with Gasteiger partial charge in [-0.3, -0.25) is 4.79 Å². The molecule has 0 aliphatic heterocycles. The Morgan fingerprint density at radius 3 is 2.81 bits per heavy atom. The lowest BCUT2D eigenvalue weighted by Gasteiger charge is -2.06. The summed E-state index contributed by atoms with van der Waals surface area (Å²) in [5.41, 5.74) is 6.39. The molecule has 2 nitrogen and oxygen atoms in total. The van der Waals surface area contributed by atoms with Gasteiger partial charge in [0.25, 0.3) is 0 Å². The van der Waals surface area contributed by atoms with Crippen molar-refractivity contribution in [2.45, 2.75) is 32.2 Å². The number of hydrogen-bond acceptors (Lipinski definition) is 2. The van der Waals surface area contributed by atoms with Crippen LogP contribution in [0.25, 0.3) is 0 Å². The maximum atomic E-state index is 12.8. The van der Waals surface area contributed by atoms with Gasteiger partial charge in [-0.2, -0.15) is 0 Å². The lowest BCUT2D eigenvalue weighted by atomic mass is 10.0. The first-order chi connectivity index (χ1) is 7.49. The van der Waals surface area contributed by atoms with Crippen LogP contribution in [0.1, 0.15) is 25.3 Å². The van der Waals surface area contributed by atoms with Gasteiger partial charge in [0.05, 0.1) is 0 Å². The Hall–Kier alpha value is -0.740. The third-order valence-corrected chi connectivity index (χ3v) is 3.02. The molecule has 4 heteroatoms. The van der Waals surface area contributed by atoms with Crippen LogP contribution in [0.15, 0.2) is 22.7 Å². The predicted molar refractivity (Wildman–Crippen MR) is 65.7 cm³/mol. The third-order valence-electron chi connectivity index (χ3n) is 2.28. The number of carbonyl (C=O) groups excluding carboxylic acids is 1. The topological polar surface area (TPSA) is 43.1 Å². The van der Waals surface area contributed by atoms with Gasteiger partial charge in [-0.25, -0.2) is 4.39 Å². The Bertz CT molecular complexity index is 379. The third kappa shape index (κ3) is 4.41. The average Bonchev–Trinajstić information content (AvgIpc) is 2.19. The van der Waals surface area contributed by atoms with Gasteiger partial charge in [0.1, 0.15) is 11.6 Å². The Morgan fingerprint density at radius 1 is 1.56 bits per heavy atom. The predicted octanol–water partition coefficient (Wildman–Crippen LogP) is 2.83. The van der Waals surface area contributed by atoms with Gasteiger partial charge in [0, 0.05) is 23.4 Å². The molecule has 0 aliphatic rings. The fraction of sp³-hybridized carbons (Fsp3) is 0.417. The van der Waals surface area contributed by atoms with E-state index in [0.717, 1.165) is 5.56 Å². The minimum atomic E-state index is -0.307. The van der Waals surface area contributed by atoms with E-state index in [0.29, 0.717) is 23.7 Å². The van der Waals surface area contributed by atoms with E-state index in [1.807, 2.05) is 6.92 Å². The van der Waals surface area contributed by atoms with E-state index in [9.17, 15) is 9.18 Å². The Balaban J connectivity index is 2.56. The Kier molecular flexibility index (Phi) is 5.09. The fourth-order valence-electron chi connectivity index (χ4n) is 1.35. The molecule has 1 unspecified atom stereocenters. The molecule has 0 heterocycles. The van der Waals surface area contributed by atoms with Crippen molar-refractivity contribution in [3.8, 4) is 0 Å². The van der Waals surface area contributed by atoms with Crippen molar-refractivity contribution in [1.29, 1.82) is 0 Å². The number of carbonyl (C=O) groups is 1. The van der Waals surface area contributed by atoms with Crippen molar-refractivity contribution in [3.05, 3.63) is 34.1 Å². The van der Waals surface area contributed by atoms with E-state index in [1.54, 1.807) is 6.07 Å². The lowest BCUT2D eigenvalue weighted by molar-refractivity contribution is -0.118. The number of hydrogen-bond donors (Lipinski definition) is 1. The molecule has 1 aromatic carbocycles. The van der Waals surface area contributed by atoms with Crippen molar-refractivity contribution < 1.29 is 9.18 Å². The highest BCUT2D eigenvalue weighted by Gasteiger charge is 2.08. The molecule has 0 amide bonds. The average molecular weight is 288 g/mol. The molecule has 1 atom stereocenters. The molecule has 0 aliphatic carbocycles. The van der Waals surface area contributed by atoms with Gasteiger partial charge in [-0.05, 0) is 31.0 Å². The van der Waals surface area contributed by atoms with Crippen LogP contribution in [0, 0.1) is 5.82 Å². The van der Waals surface area contributed by atoms with E-state index in [-0.39, 0.29) is 17.6 Å². The highest BCUT2D eigenvalue weighted by atomic mass is 79.9. The summed E-state index contributed by atoms with van der Waals surface area (Å²) >= 11 is 3.24. The Morgan fingerprint density at radius 2 is 2.25 bits per heavy atom. The first-order valence-corrected chi connectivity index (χ1v) is 5.99. The van der Waals surface area contributed by atoms with Gasteiger partial charge in [0.15, 0.2) is 0 Å². The monoisotopic (exact) mass is 287 g/mol. The van der Waals surface area contributed by atoms with Gasteiger partial charge < -0.3 is 5.73 Å². The zero-order chi connectivity index (χ0) is 12.1. The van der Waals surface area contributed by atoms with Crippen molar-refractivity contribution in [2.24, 2.45) is 5.73 Å². The van der Waals surface area contributed by atoms with Crippen LogP contribution in [-0.4, -0.2) is 11.8 Å². The highest BCUT2D eigenvalue weighted by Crippen LogP contribution is 2.19. The molecule has 1 aromatic rings. The highest BCUT2D eigenvalue weighted by molar-refractivity contribution is 9.10. The molecule has 0 saturated heterocycles. The number of Topliss-reactive ketones (excluding diaryl/α,β-unsaturated/α-hetero) is 1. The summed E-state index contributed by atoms with van der Waals surface area (Å²) in [4.78, 5) is 11.6. The summed E-state index contributed by atoms with van der Waals surface area (Å²) in [6.45, 7) is 1.88. The first kappa shape index (κ1) is 13.3. The second-order valence-corrected chi connectivity index (χ2v) is 4.82. The maximum Gasteiger partial charge on any atom is 0.137 e. The molecule has 0 aromatic heterocycles. The molecular weight excluding hydrogens is 273 g/mol. The van der Waals surface area contributed by atoms with E-state index < -0.39 is 0 Å². The molecule has 0 fully saturated rings. The smallest absolute Gasteiger partial charge is 0.137 e. The van der Waals surface area contributed by atoms with E-state index >= 15 is 0 Å². The van der Waals surface area contributed by atoms with Crippen molar-refractivity contribution in [3.63, 3.8) is 0 Å². The van der Waals surface area contributed by atoms with Crippen LogP contribution in [0.2, 0.25) is 0 Å². The van der Waals surface area contributed by atoms with Gasteiger partial charge in [0.2, 0.25) is 0 Å². The number of rotatable bonds is 5. The zero-order valence-electron chi connectivity index (χ0n) is 9.17. The summed E-state index contributed by atoms with van der Waals surface area (Å²) in [6.07, 6.45) is 1.49. The molecule has 16 heavy (non-hydrogen) atoms. The number of nitrogens with two attached hydrogens (primary N) is 1. The summed E-state index contributed by atoms with van der Waals surface area (Å²) in [5.74, 6) is -0.178. The molecule has 88 valence electrons. The zero-order valence-corrected chi connectivity index (χ0v) is 10.8. The standard InChI is InChI=1S/C12H15BrFNO/c1-8(15)2-5-11(16)6-9-3-4-10(14)7-12(9)13/h3-4,7-8H,2,5-6,15H2,1H3. The molecule has 0 saturated carbocycles.